The van der Waals surface area contributed by atoms with Gasteiger partial charge in [0.1, 0.15) is 5.75 Å². The van der Waals surface area contributed by atoms with Crippen molar-refractivity contribution in [2.45, 2.75) is 37.5 Å². The monoisotopic (exact) mass is 527 g/mol. The van der Waals surface area contributed by atoms with Crippen molar-refractivity contribution in [3.8, 4) is 17.2 Å². The van der Waals surface area contributed by atoms with Crippen LogP contribution >= 0.6 is 0 Å². The Balaban J connectivity index is 1.29. The number of aryl methyl sites for hydroxylation is 1. The van der Waals surface area contributed by atoms with Crippen LogP contribution < -0.4 is 14.2 Å². The second-order valence-electron chi connectivity index (χ2n) is 9.57. The van der Waals surface area contributed by atoms with E-state index in [4.69, 9.17) is 18.4 Å². The molecule has 0 N–H and O–H groups in total. The highest BCUT2D eigenvalue weighted by molar-refractivity contribution is 7.86. The first kappa shape index (κ1) is 27.2. The van der Waals surface area contributed by atoms with E-state index in [9.17, 15) is 8.42 Å². The molecule has 1 aliphatic rings. The first-order valence-corrected chi connectivity index (χ1v) is 14.3. The number of ether oxygens (including phenoxy) is 3. The van der Waals surface area contributed by atoms with Gasteiger partial charge in [-0.3, -0.25) is 4.18 Å². The van der Waals surface area contributed by atoms with E-state index in [1.807, 2.05) is 37.3 Å². The molecule has 3 aromatic carbocycles. The lowest BCUT2D eigenvalue weighted by atomic mass is 10.1. The predicted octanol–water partition coefficient (Wildman–Crippen LogP) is 5.44. The first-order valence-electron chi connectivity index (χ1n) is 12.9. The van der Waals surface area contributed by atoms with Gasteiger partial charge in [0.05, 0.1) is 32.3 Å². The van der Waals surface area contributed by atoms with E-state index >= 15 is 0 Å². The lowest BCUT2D eigenvalue weighted by Gasteiger charge is -2.24. The fraction of sp³-hybridized carbons (Fsp3) is 0.448. The van der Waals surface area contributed by atoms with Gasteiger partial charge in [0.2, 0.25) is 0 Å². The van der Waals surface area contributed by atoms with Gasteiger partial charge in [-0.05, 0) is 69.0 Å². The molecule has 0 bridgehead atoms. The van der Waals surface area contributed by atoms with Crippen molar-refractivity contribution >= 4 is 20.9 Å². The third-order valence-electron chi connectivity index (χ3n) is 6.86. The second-order valence-corrected chi connectivity index (χ2v) is 11.2. The lowest BCUT2D eigenvalue weighted by molar-refractivity contribution is 0.181. The van der Waals surface area contributed by atoms with Gasteiger partial charge >= 0.3 is 0 Å². The number of hydrogen-bond acceptors (Lipinski definition) is 7. The Kier molecular flexibility index (Phi) is 9.29. The molecule has 0 aromatic heterocycles. The Morgan fingerprint density at radius 3 is 2.49 bits per heavy atom. The maximum absolute atomic E-state index is 12.6. The van der Waals surface area contributed by atoms with E-state index in [0.717, 1.165) is 67.4 Å². The molecule has 1 aliphatic heterocycles. The van der Waals surface area contributed by atoms with Crippen LogP contribution in [-0.2, 0) is 14.3 Å². The van der Waals surface area contributed by atoms with Gasteiger partial charge < -0.3 is 19.1 Å². The highest BCUT2D eigenvalue weighted by atomic mass is 32.2. The lowest BCUT2D eigenvalue weighted by Crippen LogP contribution is -2.32. The van der Waals surface area contributed by atoms with Crippen LogP contribution in [0.5, 0.6) is 17.2 Å². The van der Waals surface area contributed by atoms with Crippen LogP contribution in [0.15, 0.2) is 59.5 Å². The Bertz CT molecular complexity index is 1280. The molecule has 0 amide bonds. The Morgan fingerprint density at radius 2 is 1.73 bits per heavy atom. The third-order valence-corrected chi connectivity index (χ3v) is 8.15. The summed E-state index contributed by atoms with van der Waals surface area (Å²) in [7, 11) is -0.468. The van der Waals surface area contributed by atoms with Gasteiger partial charge in [-0.15, -0.1) is 0 Å². The molecule has 0 saturated carbocycles. The topological polar surface area (TPSA) is 74.3 Å². The van der Waals surface area contributed by atoms with Gasteiger partial charge in [0.15, 0.2) is 11.5 Å². The quantitative estimate of drug-likeness (QED) is 0.243. The molecule has 0 aliphatic carbocycles. The maximum atomic E-state index is 12.6. The van der Waals surface area contributed by atoms with E-state index < -0.39 is 10.1 Å². The van der Waals surface area contributed by atoms with Crippen LogP contribution in [0, 0.1) is 12.8 Å². The summed E-state index contributed by atoms with van der Waals surface area (Å²) in [4.78, 5) is 2.62. The summed E-state index contributed by atoms with van der Waals surface area (Å²) in [6, 6.07) is 16.6. The molecule has 1 saturated heterocycles. The van der Waals surface area contributed by atoms with Crippen molar-refractivity contribution < 1.29 is 26.8 Å². The highest BCUT2D eigenvalue weighted by Gasteiger charge is 2.22. The maximum Gasteiger partial charge on any atom is 0.296 e. The van der Waals surface area contributed by atoms with Gasteiger partial charge in [-0.2, -0.15) is 8.42 Å². The van der Waals surface area contributed by atoms with Crippen molar-refractivity contribution in [3.63, 3.8) is 0 Å². The van der Waals surface area contributed by atoms with E-state index in [0.29, 0.717) is 18.1 Å². The molecule has 1 fully saturated rings. The molecule has 8 heteroatoms. The van der Waals surface area contributed by atoms with Crippen LogP contribution in [0.3, 0.4) is 0 Å². The number of nitrogens with zero attached hydrogens (tertiary/aromatic N) is 1. The molecule has 200 valence electrons. The minimum atomic E-state index is -3.74. The number of fused-ring (bicyclic) bond motifs is 1. The first-order chi connectivity index (χ1) is 17.9. The summed E-state index contributed by atoms with van der Waals surface area (Å²) in [6.07, 6.45) is 4.02. The highest BCUT2D eigenvalue weighted by Crippen LogP contribution is 2.38. The number of hydrogen-bond donors (Lipinski definition) is 0. The van der Waals surface area contributed by atoms with E-state index in [-0.39, 0.29) is 17.4 Å². The largest absolute Gasteiger partial charge is 0.493 e. The van der Waals surface area contributed by atoms with Crippen molar-refractivity contribution in [3.05, 3.63) is 60.2 Å². The summed E-state index contributed by atoms with van der Waals surface area (Å²) in [5, 5.41) is 1.94. The summed E-state index contributed by atoms with van der Waals surface area (Å²) in [5.41, 5.74) is 1.02. The van der Waals surface area contributed by atoms with Gasteiger partial charge in [-0.25, -0.2) is 0 Å². The van der Waals surface area contributed by atoms with Crippen LogP contribution in [0.4, 0.5) is 0 Å². The van der Waals surface area contributed by atoms with Gasteiger partial charge in [0.25, 0.3) is 10.1 Å². The molecule has 4 rings (SSSR count). The average molecular weight is 528 g/mol. The fourth-order valence-electron chi connectivity index (χ4n) is 4.86. The number of benzene rings is 3. The number of methoxy groups -OCH3 is 2. The Morgan fingerprint density at radius 1 is 0.919 bits per heavy atom. The number of likely N-dealkylation sites (tertiary alicyclic amines) is 1. The fourth-order valence-corrected chi connectivity index (χ4v) is 5.84. The molecular weight excluding hydrogens is 490 g/mol. The van der Waals surface area contributed by atoms with E-state index in [1.54, 1.807) is 38.5 Å². The van der Waals surface area contributed by atoms with Crippen LogP contribution in [0.1, 0.15) is 31.2 Å². The summed E-state index contributed by atoms with van der Waals surface area (Å²) in [5.74, 6) is 2.40. The summed E-state index contributed by atoms with van der Waals surface area (Å²) < 4.78 is 47.8. The molecule has 0 spiro atoms. The van der Waals surface area contributed by atoms with E-state index in [2.05, 4.69) is 4.90 Å². The zero-order chi connectivity index (χ0) is 26.3. The van der Waals surface area contributed by atoms with E-state index in [1.165, 1.54) is 0 Å². The third kappa shape index (κ3) is 6.94. The summed E-state index contributed by atoms with van der Waals surface area (Å²) >= 11 is 0. The average Bonchev–Trinajstić information content (AvgIpc) is 3.14. The SMILES string of the molecule is COc1ccc2c(OCCCN3CCCCC(COS(=O)(=O)c4ccc(C)cc4)C3)cccc2c1OC. The van der Waals surface area contributed by atoms with Crippen molar-refractivity contribution in [1.29, 1.82) is 0 Å². The van der Waals surface area contributed by atoms with Crippen LogP contribution in [0.2, 0.25) is 0 Å². The van der Waals surface area contributed by atoms with Crippen LogP contribution in [0.25, 0.3) is 10.8 Å². The summed E-state index contributed by atoms with van der Waals surface area (Å²) in [6.45, 7) is 5.46. The number of rotatable bonds is 11. The molecule has 1 atom stereocenters. The normalized spacial score (nSPS) is 16.9. The molecular formula is C29H37NO6S. The van der Waals surface area contributed by atoms with Crippen molar-refractivity contribution in [2.24, 2.45) is 5.92 Å². The molecule has 7 nitrogen and oxygen atoms in total. The molecule has 37 heavy (non-hydrogen) atoms. The minimum Gasteiger partial charge on any atom is -0.493 e. The second kappa shape index (κ2) is 12.6. The Hall–Kier alpha value is -2.81. The van der Waals surface area contributed by atoms with Gasteiger partial charge in [-0.1, -0.05) is 36.2 Å². The molecule has 1 heterocycles. The molecule has 3 aromatic rings. The molecule has 0 radical (unpaired) electrons. The Labute approximate surface area is 220 Å². The van der Waals surface area contributed by atoms with Gasteiger partial charge in [0, 0.05) is 23.9 Å². The standard InChI is InChI=1S/C29H37NO6S/c1-22-11-13-24(14-12-22)37(31,32)36-21-23-8-4-5-17-30(20-23)18-7-19-35-27-10-6-9-26-25(27)15-16-28(33-2)29(26)34-3/h6,9-16,23H,4-5,7-8,17-21H2,1-3H3. The zero-order valence-corrected chi connectivity index (χ0v) is 22.8. The zero-order valence-electron chi connectivity index (χ0n) is 21.9. The minimum absolute atomic E-state index is 0.184. The van der Waals surface area contributed by atoms with Crippen molar-refractivity contribution in [1.82, 2.24) is 4.90 Å². The predicted molar refractivity (Wildman–Crippen MR) is 145 cm³/mol. The smallest absolute Gasteiger partial charge is 0.296 e. The van der Waals surface area contributed by atoms with Crippen molar-refractivity contribution in [2.75, 3.05) is 47.1 Å². The van der Waals surface area contributed by atoms with Crippen LogP contribution in [-0.4, -0.2) is 60.4 Å². The molecule has 1 unspecified atom stereocenters.